The molecule has 2 aromatic heterocycles. The third kappa shape index (κ3) is 2.00. The van der Waals surface area contributed by atoms with Crippen LogP contribution < -0.4 is 5.73 Å². The second-order valence-corrected chi connectivity index (χ2v) is 4.46. The highest BCUT2D eigenvalue weighted by atomic mass is 15.1. The molecule has 0 aliphatic carbocycles. The molecule has 2 aromatic rings. The van der Waals surface area contributed by atoms with Crippen molar-refractivity contribution in [3.05, 3.63) is 23.8 Å². The molecule has 2 heterocycles. The van der Waals surface area contributed by atoms with Gasteiger partial charge in [-0.25, -0.2) is 15.0 Å². The predicted molar refractivity (Wildman–Crippen MR) is 67.5 cm³/mol. The van der Waals surface area contributed by atoms with Crippen LogP contribution in [0.3, 0.4) is 0 Å². The Labute approximate surface area is 101 Å². The summed E-state index contributed by atoms with van der Waals surface area (Å²) in [5.74, 6) is 2.35. The number of nitrogen functional groups attached to an aromatic ring is 1. The monoisotopic (exact) mass is 231 g/mol. The highest BCUT2D eigenvalue weighted by Gasteiger charge is 2.15. The van der Waals surface area contributed by atoms with E-state index in [0.717, 1.165) is 22.9 Å². The van der Waals surface area contributed by atoms with Crippen molar-refractivity contribution in [2.75, 3.05) is 5.73 Å². The van der Waals surface area contributed by atoms with Crippen LogP contribution in [-0.2, 0) is 7.05 Å². The first-order chi connectivity index (χ1) is 8.00. The number of hydrogen-bond donors (Lipinski definition) is 1. The van der Waals surface area contributed by atoms with E-state index in [1.54, 1.807) is 6.20 Å². The SMILES string of the molecule is Cc1c(N)nc(C(C)C)nc1-c1nccn1C. The normalized spacial score (nSPS) is 11.1. The van der Waals surface area contributed by atoms with Crippen LogP contribution in [-0.4, -0.2) is 19.5 Å². The third-order valence-electron chi connectivity index (χ3n) is 2.75. The van der Waals surface area contributed by atoms with E-state index in [1.165, 1.54) is 0 Å². The first kappa shape index (κ1) is 11.6. The lowest BCUT2D eigenvalue weighted by Gasteiger charge is -2.11. The van der Waals surface area contributed by atoms with E-state index < -0.39 is 0 Å². The summed E-state index contributed by atoms with van der Waals surface area (Å²) in [6.45, 7) is 6.02. The molecule has 0 unspecified atom stereocenters. The zero-order valence-electron chi connectivity index (χ0n) is 10.6. The number of aryl methyl sites for hydroxylation is 1. The molecule has 0 fully saturated rings. The lowest BCUT2D eigenvalue weighted by atomic mass is 10.1. The molecule has 0 saturated heterocycles. The van der Waals surface area contributed by atoms with Gasteiger partial charge in [-0.1, -0.05) is 13.8 Å². The molecule has 0 radical (unpaired) electrons. The molecule has 5 heteroatoms. The predicted octanol–water partition coefficient (Wildman–Crippen LogP) is 1.89. The highest BCUT2D eigenvalue weighted by Crippen LogP contribution is 2.24. The average Bonchev–Trinajstić information content (AvgIpc) is 2.68. The summed E-state index contributed by atoms with van der Waals surface area (Å²) in [5, 5.41) is 0. The minimum absolute atomic E-state index is 0.247. The van der Waals surface area contributed by atoms with Crippen LogP contribution >= 0.6 is 0 Å². The highest BCUT2D eigenvalue weighted by molar-refractivity contribution is 5.61. The van der Waals surface area contributed by atoms with Gasteiger partial charge in [-0.05, 0) is 6.92 Å². The fourth-order valence-electron chi connectivity index (χ4n) is 1.62. The van der Waals surface area contributed by atoms with Crippen molar-refractivity contribution in [2.24, 2.45) is 7.05 Å². The van der Waals surface area contributed by atoms with Crippen molar-refractivity contribution in [2.45, 2.75) is 26.7 Å². The maximum Gasteiger partial charge on any atom is 0.158 e. The molecule has 0 aromatic carbocycles. The topological polar surface area (TPSA) is 69.6 Å². The average molecular weight is 231 g/mol. The number of hydrogen-bond acceptors (Lipinski definition) is 4. The molecule has 2 N–H and O–H groups in total. The Kier molecular flexibility index (Phi) is 2.83. The molecule has 0 bridgehead atoms. The summed E-state index contributed by atoms with van der Waals surface area (Å²) in [6.07, 6.45) is 3.64. The number of anilines is 1. The minimum atomic E-state index is 0.247. The maximum absolute atomic E-state index is 5.93. The van der Waals surface area contributed by atoms with Gasteiger partial charge < -0.3 is 10.3 Å². The van der Waals surface area contributed by atoms with Crippen LogP contribution in [0.1, 0.15) is 31.2 Å². The van der Waals surface area contributed by atoms with Gasteiger partial charge in [0.15, 0.2) is 5.82 Å². The van der Waals surface area contributed by atoms with Crippen LogP contribution in [0.15, 0.2) is 12.4 Å². The molecule has 17 heavy (non-hydrogen) atoms. The van der Waals surface area contributed by atoms with Gasteiger partial charge in [-0.3, -0.25) is 0 Å². The van der Waals surface area contributed by atoms with E-state index in [2.05, 4.69) is 15.0 Å². The van der Waals surface area contributed by atoms with E-state index >= 15 is 0 Å². The Hall–Kier alpha value is -1.91. The van der Waals surface area contributed by atoms with Crippen LogP contribution in [0.25, 0.3) is 11.5 Å². The molecule has 0 aliphatic heterocycles. The van der Waals surface area contributed by atoms with Crippen LogP contribution in [0, 0.1) is 6.92 Å². The van der Waals surface area contributed by atoms with Gasteiger partial charge in [0.2, 0.25) is 0 Å². The molecule has 90 valence electrons. The van der Waals surface area contributed by atoms with E-state index in [9.17, 15) is 0 Å². The molecule has 0 aliphatic rings. The van der Waals surface area contributed by atoms with Gasteiger partial charge in [0.05, 0.1) is 0 Å². The lowest BCUT2D eigenvalue weighted by Crippen LogP contribution is -2.08. The second kappa shape index (κ2) is 4.16. The van der Waals surface area contributed by atoms with Crippen LogP contribution in [0.4, 0.5) is 5.82 Å². The molecule has 0 saturated carbocycles. The molecular weight excluding hydrogens is 214 g/mol. The van der Waals surface area contributed by atoms with E-state index in [4.69, 9.17) is 5.73 Å². The van der Waals surface area contributed by atoms with Gasteiger partial charge in [0, 0.05) is 30.9 Å². The van der Waals surface area contributed by atoms with E-state index in [-0.39, 0.29) is 5.92 Å². The molecular formula is C12H17N5. The lowest BCUT2D eigenvalue weighted by molar-refractivity contribution is 0.772. The zero-order chi connectivity index (χ0) is 12.6. The fraction of sp³-hybridized carbons (Fsp3) is 0.417. The van der Waals surface area contributed by atoms with Gasteiger partial charge in [-0.2, -0.15) is 0 Å². The van der Waals surface area contributed by atoms with Gasteiger partial charge in [0.1, 0.15) is 17.3 Å². The van der Waals surface area contributed by atoms with Gasteiger partial charge >= 0.3 is 0 Å². The minimum Gasteiger partial charge on any atom is -0.383 e. The first-order valence-corrected chi connectivity index (χ1v) is 5.62. The van der Waals surface area contributed by atoms with Crippen molar-refractivity contribution in [1.29, 1.82) is 0 Å². The standard InChI is InChI=1S/C12H17N5/c1-7(2)11-15-9(8(3)10(13)16-11)12-14-5-6-17(12)4/h5-7H,1-4H3,(H2,13,15,16). The summed E-state index contributed by atoms with van der Waals surface area (Å²) in [6, 6.07) is 0. The smallest absolute Gasteiger partial charge is 0.158 e. The van der Waals surface area contributed by atoms with Crippen molar-refractivity contribution in [3.8, 4) is 11.5 Å². The summed E-state index contributed by atoms with van der Waals surface area (Å²) in [4.78, 5) is 13.2. The van der Waals surface area contributed by atoms with Crippen LogP contribution in [0.5, 0.6) is 0 Å². The molecule has 0 amide bonds. The summed E-state index contributed by atoms with van der Waals surface area (Å²) in [7, 11) is 1.94. The molecule has 2 rings (SSSR count). The summed E-state index contributed by atoms with van der Waals surface area (Å²) < 4.78 is 1.93. The molecule has 0 spiro atoms. The number of aromatic nitrogens is 4. The number of rotatable bonds is 2. The van der Waals surface area contributed by atoms with E-state index in [1.807, 2.05) is 38.6 Å². The number of nitrogens with zero attached hydrogens (tertiary/aromatic N) is 4. The Balaban J connectivity index is 2.65. The third-order valence-corrected chi connectivity index (χ3v) is 2.75. The number of imidazole rings is 1. The van der Waals surface area contributed by atoms with E-state index in [0.29, 0.717) is 5.82 Å². The van der Waals surface area contributed by atoms with Crippen LogP contribution in [0.2, 0.25) is 0 Å². The van der Waals surface area contributed by atoms with Crippen molar-refractivity contribution in [3.63, 3.8) is 0 Å². The Bertz CT molecular complexity index is 542. The largest absolute Gasteiger partial charge is 0.383 e. The summed E-state index contributed by atoms with van der Waals surface area (Å²) >= 11 is 0. The quantitative estimate of drug-likeness (QED) is 0.856. The Morgan fingerprint density at radius 2 is 2.00 bits per heavy atom. The molecule has 5 nitrogen and oxygen atoms in total. The maximum atomic E-state index is 5.93. The fourth-order valence-corrected chi connectivity index (χ4v) is 1.62. The van der Waals surface area contributed by atoms with Crippen molar-refractivity contribution in [1.82, 2.24) is 19.5 Å². The Morgan fingerprint density at radius 3 is 2.53 bits per heavy atom. The second-order valence-electron chi connectivity index (χ2n) is 4.46. The molecule has 0 atom stereocenters. The zero-order valence-corrected chi connectivity index (χ0v) is 10.6. The van der Waals surface area contributed by atoms with Gasteiger partial charge in [0.25, 0.3) is 0 Å². The Morgan fingerprint density at radius 1 is 1.29 bits per heavy atom. The van der Waals surface area contributed by atoms with Crippen molar-refractivity contribution < 1.29 is 0 Å². The first-order valence-electron chi connectivity index (χ1n) is 5.62. The summed E-state index contributed by atoms with van der Waals surface area (Å²) in [5.41, 5.74) is 7.62. The van der Waals surface area contributed by atoms with Crippen molar-refractivity contribution >= 4 is 5.82 Å². The number of nitrogens with two attached hydrogens (primary N) is 1. The van der Waals surface area contributed by atoms with Gasteiger partial charge in [-0.15, -0.1) is 0 Å².